The maximum absolute atomic E-state index is 12.8. The van der Waals surface area contributed by atoms with Crippen LogP contribution < -0.4 is 14.9 Å². The van der Waals surface area contributed by atoms with Gasteiger partial charge in [0.1, 0.15) is 11.5 Å². The van der Waals surface area contributed by atoms with Gasteiger partial charge >= 0.3 is 5.97 Å². The fourth-order valence-corrected chi connectivity index (χ4v) is 4.01. The number of carbonyl (C=O) groups excluding carboxylic acids is 2. The van der Waals surface area contributed by atoms with Crippen molar-refractivity contribution in [2.75, 3.05) is 0 Å². The first-order chi connectivity index (χ1) is 17.3. The molecular weight excluding hydrogens is 523 g/mol. The minimum absolute atomic E-state index is 0.232. The molecular formula is C27H19Cl3N2O4. The zero-order valence-corrected chi connectivity index (χ0v) is 21.1. The van der Waals surface area contributed by atoms with Crippen LogP contribution in [0.25, 0.3) is 10.8 Å². The molecule has 1 N–H and O–H groups in total. The van der Waals surface area contributed by atoms with Crippen LogP contribution in [0, 0.1) is 0 Å². The number of amides is 1. The molecule has 0 aliphatic rings. The summed E-state index contributed by atoms with van der Waals surface area (Å²) in [5, 5.41) is 6.76. The first kappa shape index (κ1) is 25.5. The minimum atomic E-state index is -0.897. The number of hydrogen-bond acceptors (Lipinski definition) is 5. The standard InChI is InChI=1S/C27H19Cl3N2O4/c1-16(35-25-13-11-18(28)14-23(25)30)26(33)32-31-15-21-19-7-3-2-6-17(19)10-12-24(21)36-27(34)20-8-4-5-9-22(20)29/h2-16H,1H3,(H,32,33)/b31-15-/t16-/m1/s1. The summed E-state index contributed by atoms with van der Waals surface area (Å²) < 4.78 is 11.3. The van der Waals surface area contributed by atoms with Crippen molar-refractivity contribution in [3.63, 3.8) is 0 Å². The maximum Gasteiger partial charge on any atom is 0.345 e. The third kappa shape index (κ3) is 5.97. The molecule has 1 atom stereocenters. The summed E-state index contributed by atoms with van der Waals surface area (Å²) in [6.45, 7) is 1.56. The van der Waals surface area contributed by atoms with E-state index in [4.69, 9.17) is 44.3 Å². The highest BCUT2D eigenvalue weighted by atomic mass is 35.5. The van der Waals surface area contributed by atoms with Gasteiger partial charge in [-0.25, -0.2) is 10.2 Å². The van der Waals surface area contributed by atoms with Crippen LogP contribution in [0.3, 0.4) is 0 Å². The second-order valence-electron chi connectivity index (χ2n) is 7.64. The van der Waals surface area contributed by atoms with Gasteiger partial charge in [0.25, 0.3) is 5.91 Å². The van der Waals surface area contributed by atoms with E-state index in [2.05, 4.69) is 10.5 Å². The van der Waals surface area contributed by atoms with E-state index in [0.29, 0.717) is 16.3 Å². The molecule has 4 rings (SSSR count). The Balaban J connectivity index is 1.54. The SMILES string of the molecule is C[C@@H](Oc1ccc(Cl)cc1Cl)C(=O)N/N=C\c1c(OC(=O)c2ccccc2Cl)ccc2ccccc12. The molecule has 182 valence electrons. The van der Waals surface area contributed by atoms with Gasteiger partial charge in [-0.1, -0.05) is 77.3 Å². The van der Waals surface area contributed by atoms with Crippen molar-refractivity contribution in [1.82, 2.24) is 5.43 Å². The topological polar surface area (TPSA) is 77.0 Å². The van der Waals surface area contributed by atoms with Gasteiger partial charge in [-0.3, -0.25) is 4.79 Å². The molecule has 4 aromatic carbocycles. The molecule has 6 nitrogen and oxygen atoms in total. The van der Waals surface area contributed by atoms with Crippen LogP contribution in [0.4, 0.5) is 0 Å². The number of ether oxygens (including phenoxy) is 2. The molecule has 0 saturated heterocycles. The fraction of sp³-hybridized carbons (Fsp3) is 0.0741. The van der Waals surface area contributed by atoms with Crippen molar-refractivity contribution >= 4 is 63.7 Å². The van der Waals surface area contributed by atoms with Crippen molar-refractivity contribution < 1.29 is 19.1 Å². The lowest BCUT2D eigenvalue weighted by atomic mass is 10.0. The van der Waals surface area contributed by atoms with Crippen molar-refractivity contribution in [2.45, 2.75) is 13.0 Å². The van der Waals surface area contributed by atoms with E-state index >= 15 is 0 Å². The molecule has 0 unspecified atom stereocenters. The second kappa shape index (κ2) is 11.4. The first-order valence-corrected chi connectivity index (χ1v) is 11.9. The highest BCUT2D eigenvalue weighted by molar-refractivity contribution is 6.35. The number of fused-ring (bicyclic) bond motifs is 1. The van der Waals surface area contributed by atoms with E-state index in [-0.39, 0.29) is 21.4 Å². The van der Waals surface area contributed by atoms with Gasteiger partial charge in [0, 0.05) is 10.6 Å². The Labute approximate surface area is 222 Å². The van der Waals surface area contributed by atoms with Gasteiger partial charge in [0.15, 0.2) is 6.10 Å². The van der Waals surface area contributed by atoms with Crippen LogP contribution in [0.15, 0.2) is 84.0 Å². The van der Waals surface area contributed by atoms with E-state index in [1.54, 1.807) is 49.4 Å². The summed E-state index contributed by atoms with van der Waals surface area (Å²) in [7, 11) is 0. The molecule has 4 aromatic rings. The number of nitrogens with one attached hydrogen (secondary N) is 1. The predicted octanol–water partition coefficient (Wildman–Crippen LogP) is 6.94. The van der Waals surface area contributed by atoms with Crippen LogP contribution in [0.5, 0.6) is 11.5 Å². The number of halogens is 3. The molecule has 0 aliphatic heterocycles. The average molecular weight is 542 g/mol. The number of hydrazone groups is 1. The summed E-state index contributed by atoms with van der Waals surface area (Å²) in [5.41, 5.74) is 3.18. The molecule has 0 fully saturated rings. The molecule has 9 heteroatoms. The van der Waals surface area contributed by atoms with Gasteiger partial charge in [-0.2, -0.15) is 5.10 Å². The maximum atomic E-state index is 12.8. The monoisotopic (exact) mass is 540 g/mol. The van der Waals surface area contributed by atoms with Crippen molar-refractivity contribution in [3.8, 4) is 11.5 Å². The Bertz CT molecular complexity index is 1470. The smallest absolute Gasteiger partial charge is 0.345 e. The lowest BCUT2D eigenvalue weighted by molar-refractivity contribution is -0.127. The third-order valence-electron chi connectivity index (χ3n) is 5.16. The van der Waals surface area contributed by atoms with Crippen LogP contribution in [0.2, 0.25) is 15.1 Å². The molecule has 0 radical (unpaired) electrons. The number of hydrogen-bond donors (Lipinski definition) is 1. The van der Waals surface area contributed by atoms with E-state index in [9.17, 15) is 9.59 Å². The number of rotatable bonds is 7. The predicted molar refractivity (Wildman–Crippen MR) is 143 cm³/mol. The quantitative estimate of drug-likeness (QED) is 0.119. The highest BCUT2D eigenvalue weighted by Crippen LogP contribution is 2.29. The van der Waals surface area contributed by atoms with Crippen molar-refractivity contribution in [3.05, 3.63) is 105 Å². The summed E-state index contributed by atoms with van der Waals surface area (Å²) in [5.74, 6) is -0.548. The van der Waals surface area contributed by atoms with Gasteiger partial charge in [0.05, 0.1) is 21.8 Å². The number of esters is 1. The summed E-state index contributed by atoms with van der Waals surface area (Å²) in [6.07, 6.45) is 0.517. The molecule has 0 aromatic heterocycles. The Hall–Kier alpha value is -3.58. The summed E-state index contributed by atoms with van der Waals surface area (Å²) in [4.78, 5) is 25.3. The lowest BCUT2D eigenvalue weighted by Gasteiger charge is -2.14. The van der Waals surface area contributed by atoms with Gasteiger partial charge < -0.3 is 9.47 Å². The fourth-order valence-electron chi connectivity index (χ4n) is 3.35. The van der Waals surface area contributed by atoms with Gasteiger partial charge in [-0.05, 0) is 54.1 Å². The molecule has 0 spiro atoms. The Morgan fingerprint density at radius 3 is 2.39 bits per heavy atom. The van der Waals surface area contributed by atoms with Gasteiger partial charge in [0.2, 0.25) is 0 Å². The van der Waals surface area contributed by atoms with E-state index in [0.717, 1.165) is 10.8 Å². The van der Waals surface area contributed by atoms with E-state index in [1.165, 1.54) is 12.3 Å². The second-order valence-corrected chi connectivity index (χ2v) is 8.89. The highest BCUT2D eigenvalue weighted by Gasteiger charge is 2.18. The molecule has 0 heterocycles. The number of carbonyl (C=O) groups is 2. The summed E-state index contributed by atoms with van der Waals surface area (Å²) in [6, 6.07) is 22.3. The molecule has 0 aliphatic carbocycles. The van der Waals surface area contributed by atoms with E-state index in [1.807, 2.05) is 30.3 Å². The molecule has 36 heavy (non-hydrogen) atoms. The lowest BCUT2D eigenvalue weighted by Crippen LogP contribution is -2.33. The van der Waals surface area contributed by atoms with Gasteiger partial charge in [-0.15, -0.1) is 0 Å². The summed E-state index contributed by atoms with van der Waals surface area (Å²) >= 11 is 18.1. The molecule has 0 saturated carbocycles. The zero-order chi connectivity index (χ0) is 25.7. The first-order valence-electron chi connectivity index (χ1n) is 10.8. The third-order valence-corrected chi connectivity index (χ3v) is 6.02. The van der Waals surface area contributed by atoms with E-state index < -0.39 is 18.0 Å². The van der Waals surface area contributed by atoms with Crippen LogP contribution in [0.1, 0.15) is 22.8 Å². The Morgan fingerprint density at radius 2 is 1.61 bits per heavy atom. The van der Waals surface area contributed by atoms with Crippen molar-refractivity contribution in [2.24, 2.45) is 5.10 Å². The Morgan fingerprint density at radius 1 is 0.889 bits per heavy atom. The van der Waals surface area contributed by atoms with Crippen molar-refractivity contribution in [1.29, 1.82) is 0 Å². The van der Waals surface area contributed by atoms with Crippen LogP contribution in [-0.2, 0) is 4.79 Å². The molecule has 0 bridgehead atoms. The molecule has 1 amide bonds. The normalized spacial score (nSPS) is 11.9. The number of nitrogens with zero attached hydrogens (tertiary/aromatic N) is 1. The Kier molecular flexibility index (Phi) is 8.10. The van der Waals surface area contributed by atoms with Crippen LogP contribution >= 0.6 is 34.8 Å². The largest absolute Gasteiger partial charge is 0.479 e. The van der Waals surface area contributed by atoms with Crippen LogP contribution in [-0.4, -0.2) is 24.2 Å². The average Bonchev–Trinajstić information content (AvgIpc) is 2.86. The number of benzene rings is 4. The minimum Gasteiger partial charge on any atom is -0.479 e. The zero-order valence-electron chi connectivity index (χ0n) is 18.9.